The van der Waals surface area contributed by atoms with Crippen LogP contribution in [0.25, 0.3) is 11.2 Å². The fourth-order valence-electron chi connectivity index (χ4n) is 4.77. The summed E-state index contributed by atoms with van der Waals surface area (Å²) < 4.78 is 53.6. The maximum Gasteiger partial charge on any atom is 0.459 e. The Morgan fingerprint density at radius 3 is 2.73 bits per heavy atom. The van der Waals surface area contributed by atoms with E-state index < -0.39 is 55.3 Å². The molecule has 2 aliphatic rings. The van der Waals surface area contributed by atoms with Gasteiger partial charge < -0.3 is 30.2 Å². The standard InChI is InChI=1S/C23H28ClFN7O7P/c1-4-36-19(33)12(2)31-40(35,38-13-8-6-5-7-9-13)39-20-22(10-24)23(20,34)15(25)18(37-22)32-11-28-14-16(27-3)29-21(26)30-17(14)32/h5-9,11-12,15,18,20,34H,4,10H2,1-3H3,(H,31,35)(H3,26,27,29,30)/t12-,15-,18+,20?,22+,23+,40?/m0/s1. The molecule has 14 nitrogen and oxygen atoms in total. The molecule has 5 rings (SSSR count). The third-order valence-electron chi connectivity index (χ3n) is 6.77. The van der Waals surface area contributed by atoms with E-state index in [0.29, 0.717) is 11.3 Å². The number of hydrogen-bond acceptors (Lipinski definition) is 12. The average molecular weight is 600 g/mol. The fraction of sp³-hybridized carbons (Fsp3) is 0.478. The molecule has 40 heavy (non-hydrogen) atoms. The SMILES string of the molecule is CCOC(=O)[C@H](C)NP(=O)(Oc1ccccc1)OC1[C@@]2(CCl)O[C@@H](n3cnc4c(NC)nc(N)nc43)[C@H](F)[C@@]12O. The van der Waals surface area contributed by atoms with E-state index in [1.54, 1.807) is 32.2 Å². The van der Waals surface area contributed by atoms with Gasteiger partial charge in [-0.3, -0.25) is 13.9 Å². The van der Waals surface area contributed by atoms with Crippen molar-refractivity contribution in [3.05, 3.63) is 36.7 Å². The van der Waals surface area contributed by atoms with Crippen LogP contribution in [0, 0.1) is 0 Å². The number of nitrogens with zero attached hydrogens (tertiary/aromatic N) is 4. The van der Waals surface area contributed by atoms with Crippen LogP contribution >= 0.6 is 19.3 Å². The van der Waals surface area contributed by atoms with Gasteiger partial charge >= 0.3 is 13.7 Å². The summed E-state index contributed by atoms with van der Waals surface area (Å²) in [7, 11) is -2.85. The number of imidazole rings is 1. The van der Waals surface area contributed by atoms with Crippen LogP contribution in [0.3, 0.4) is 0 Å². The third kappa shape index (κ3) is 4.46. The van der Waals surface area contributed by atoms with Crippen LogP contribution < -0.4 is 20.7 Å². The molecule has 17 heteroatoms. The molecule has 7 atom stereocenters. The molecule has 0 spiro atoms. The lowest BCUT2D eigenvalue weighted by Crippen LogP contribution is -2.38. The molecule has 2 fully saturated rings. The van der Waals surface area contributed by atoms with Crippen molar-refractivity contribution in [3.8, 4) is 5.75 Å². The molecule has 2 unspecified atom stereocenters. The zero-order chi connectivity index (χ0) is 28.9. The quantitative estimate of drug-likeness (QED) is 0.143. The van der Waals surface area contributed by atoms with Gasteiger partial charge in [-0.2, -0.15) is 15.1 Å². The number of para-hydroxylation sites is 1. The minimum atomic E-state index is -4.46. The summed E-state index contributed by atoms with van der Waals surface area (Å²) in [6.07, 6.45) is -3.85. The number of aliphatic hydroxyl groups is 1. The fourth-order valence-corrected chi connectivity index (χ4v) is 6.93. The predicted octanol–water partition coefficient (Wildman–Crippen LogP) is 2.15. The molecule has 216 valence electrons. The Morgan fingerprint density at radius 2 is 2.10 bits per heavy atom. The van der Waals surface area contributed by atoms with Gasteiger partial charge in [0.2, 0.25) is 5.95 Å². The van der Waals surface area contributed by atoms with Gasteiger partial charge in [0.25, 0.3) is 0 Å². The van der Waals surface area contributed by atoms with Crippen LogP contribution in [-0.2, 0) is 23.4 Å². The van der Waals surface area contributed by atoms with Crippen LogP contribution in [0.15, 0.2) is 36.7 Å². The summed E-state index contributed by atoms with van der Waals surface area (Å²) >= 11 is 6.21. The minimum absolute atomic E-state index is 0.0847. The second-order valence-corrected chi connectivity index (χ2v) is 11.2. The van der Waals surface area contributed by atoms with E-state index in [1.165, 1.54) is 30.0 Å². The van der Waals surface area contributed by atoms with E-state index in [4.69, 9.17) is 35.9 Å². The van der Waals surface area contributed by atoms with E-state index in [9.17, 15) is 14.5 Å². The smallest absolute Gasteiger partial charge is 0.459 e. The normalized spacial score (nSPS) is 29.4. The third-order valence-corrected chi connectivity index (χ3v) is 8.81. The van der Waals surface area contributed by atoms with Crippen molar-refractivity contribution in [3.63, 3.8) is 0 Å². The minimum Gasteiger partial charge on any atom is -0.465 e. The molecule has 5 N–H and O–H groups in total. The zero-order valence-electron chi connectivity index (χ0n) is 21.7. The largest absolute Gasteiger partial charge is 0.465 e. The summed E-state index contributed by atoms with van der Waals surface area (Å²) in [6, 6.07) is 6.84. The van der Waals surface area contributed by atoms with Crippen LogP contribution in [0.4, 0.5) is 16.2 Å². The van der Waals surface area contributed by atoms with E-state index >= 15 is 4.39 Å². The number of esters is 1. The molecule has 1 aliphatic heterocycles. The van der Waals surface area contributed by atoms with Crippen molar-refractivity contribution >= 4 is 48.2 Å². The number of anilines is 2. The molecule has 1 saturated carbocycles. The summed E-state index contributed by atoms with van der Waals surface area (Å²) in [4.78, 5) is 24.7. The number of nitrogens with two attached hydrogens (primary N) is 1. The highest BCUT2D eigenvalue weighted by molar-refractivity contribution is 7.52. The van der Waals surface area contributed by atoms with Crippen LogP contribution in [0.5, 0.6) is 5.75 Å². The number of halogens is 2. The molecule has 1 aromatic carbocycles. The summed E-state index contributed by atoms with van der Waals surface area (Å²) in [5.74, 6) is -0.809. The highest BCUT2D eigenvalue weighted by Crippen LogP contribution is 2.69. The van der Waals surface area contributed by atoms with Crippen molar-refractivity contribution < 1.29 is 37.4 Å². The molecule has 0 radical (unpaired) electrons. The number of alkyl halides is 2. The molecular weight excluding hydrogens is 572 g/mol. The van der Waals surface area contributed by atoms with Gasteiger partial charge in [-0.15, -0.1) is 11.6 Å². The van der Waals surface area contributed by atoms with Crippen molar-refractivity contribution in [2.45, 2.75) is 49.6 Å². The topological polar surface area (TPSA) is 185 Å². The number of nitrogens with one attached hydrogen (secondary N) is 2. The molecule has 3 heterocycles. The van der Waals surface area contributed by atoms with E-state index in [1.807, 2.05) is 0 Å². The first-order chi connectivity index (χ1) is 19.0. The Balaban J connectivity index is 1.44. The second kappa shape index (κ2) is 10.4. The van der Waals surface area contributed by atoms with Gasteiger partial charge in [0.15, 0.2) is 35.0 Å². The number of rotatable bonds is 11. The number of benzene rings is 1. The van der Waals surface area contributed by atoms with Crippen molar-refractivity contribution in [2.24, 2.45) is 0 Å². The first-order valence-corrected chi connectivity index (χ1v) is 14.4. The van der Waals surface area contributed by atoms with E-state index in [-0.39, 0.29) is 24.0 Å². The van der Waals surface area contributed by atoms with E-state index in [2.05, 4.69) is 25.4 Å². The second-order valence-electron chi connectivity index (χ2n) is 9.25. The number of fused-ring (bicyclic) bond motifs is 2. The molecule has 0 amide bonds. The van der Waals surface area contributed by atoms with E-state index in [0.717, 1.165) is 0 Å². The Labute approximate surface area is 232 Å². The summed E-state index contributed by atoms with van der Waals surface area (Å²) in [5, 5.41) is 16.8. The Morgan fingerprint density at radius 1 is 1.38 bits per heavy atom. The van der Waals surface area contributed by atoms with Gasteiger partial charge in [-0.05, 0) is 26.0 Å². The number of ether oxygens (including phenoxy) is 2. The van der Waals surface area contributed by atoms with Gasteiger partial charge in [0.05, 0.1) is 18.8 Å². The van der Waals surface area contributed by atoms with Gasteiger partial charge in [0.1, 0.15) is 23.5 Å². The zero-order valence-corrected chi connectivity index (χ0v) is 23.3. The lowest BCUT2D eigenvalue weighted by atomic mass is 10.1. The molecule has 3 aromatic rings. The Kier molecular flexibility index (Phi) is 7.40. The molecule has 1 aliphatic carbocycles. The molecule has 2 aromatic heterocycles. The highest BCUT2D eigenvalue weighted by Gasteiger charge is 2.90. The number of aromatic nitrogens is 4. The molecular formula is C23H28ClFN7O7P. The highest BCUT2D eigenvalue weighted by atomic mass is 35.5. The van der Waals surface area contributed by atoms with Crippen LogP contribution in [0.1, 0.15) is 20.1 Å². The molecule has 1 saturated heterocycles. The first-order valence-electron chi connectivity index (χ1n) is 12.3. The number of nitrogen functional groups attached to an aromatic ring is 1. The lowest BCUT2D eigenvalue weighted by Gasteiger charge is -2.27. The lowest BCUT2D eigenvalue weighted by molar-refractivity contribution is -0.144. The van der Waals surface area contributed by atoms with Gasteiger partial charge in [-0.1, -0.05) is 18.2 Å². The first kappa shape index (κ1) is 28.5. The van der Waals surface area contributed by atoms with Gasteiger partial charge in [0, 0.05) is 7.05 Å². The Hall–Kier alpha value is -3.07. The maximum atomic E-state index is 16.1. The predicted molar refractivity (Wildman–Crippen MR) is 141 cm³/mol. The summed E-state index contributed by atoms with van der Waals surface area (Å²) in [5.41, 5.74) is 2.08. The Bertz CT molecular complexity index is 1460. The summed E-state index contributed by atoms with van der Waals surface area (Å²) in [6.45, 7) is 3.09. The monoisotopic (exact) mass is 599 g/mol. The number of hydrogen-bond donors (Lipinski definition) is 4. The number of carbonyl (C=O) groups excluding carboxylic acids is 1. The van der Waals surface area contributed by atoms with Crippen molar-refractivity contribution in [2.75, 3.05) is 30.6 Å². The maximum absolute atomic E-state index is 16.1. The van der Waals surface area contributed by atoms with Crippen LogP contribution in [0.2, 0.25) is 0 Å². The van der Waals surface area contributed by atoms with Crippen molar-refractivity contribution in [1.82, 2.24) is 24.6 Å². The average Bonchev–Trinajstić information content (AvgIpc) is 3.17. The van der Waals surface area contributed by atoms with Crippen molar-refractivity contribution in [1.29, 1.82) is 0 Å². The molecule has 0 bridgehead atoms. The number of carbonyl (C=O) groups is 1. The van der Waals surface area contributed by atoms with Crippen LogP contribution in [-0.4, -0.2) is 79.6 Å². The van der Waals surface area contributed by atoms with Gasteiger partial charge in [-0.25, -0.2) is 13.9 Å².